The second-order valence-electron chi connectivity index (χ2n) is 5.70. The van der Waals surface area contributed by atoms with E-state index in [-0.39, 0.29) is 0 Å². The van der Waals surface area contributed by atoms with Crippen LogP contribution in [0.25, 0.3) is 0 Å². The molecule has 0 heterocycles. The molecule has 1 N–H and O–H groups in total. The summed E-state index contributed by atoms with van der Waals surface area (Å²) in [6, 6.07) is 8.49. The van der Waals surface area contributed by atoms with Crippen molar-refractivity contribution in [3.05, 3.63) is 29.8 Å². The molecule has 0 amide bonds. The van der Waals surface area contributed by atoms with Crippen LogP contribution in [0.3, 0.4) is 0 Å². The Morgan fingerprint density at radius 2 is 1.40 bits per heavy atom. The predicted molar refractivity (Wildman–Crippen MR) is 90.6 cm³/mol. The first-order valence-corrected chi connectivity index (χ1v) is 9.00. The highest BCUT2D eigenvalue weighted by Crippen LogP contribution is 2.29. The van der Waals surface area contributed by atoms with Crippen molar-refractivity contribution in [2.45, 2.75) is 82.4 Å². The van der Waals surface area contributed by atoms with Crippen molar-refractivity contribution in [1.29, 1.82) is 0 Å². The van der Waals surface area contributed by atoms with Crippen LogP contribution in [0.1, 0.15) is 83.1 Å². The summed E-state index contributed by atoms with van der Waals surface area (Å²) in [5, 5.41) is 0. The largest absolute Gasteiger partial charge is 0.325 e. The van der Waals surface area contributed by atoms with E-state index in [0.29, 0.717) is 5.92 Å². The van der Waals surface area contributed by atoms with Gasteiger partial charge in [-0.15, -0.1) is 0 Å². The van der Waals surface area contributed by atoms with Crippen molar-refractivity contribution >= 4 is 12.0 Å². The van der Waals surface area contributed by atoms with Crippen LogP contribution in [0, 0.1) is 0 Å². The second-order valence-corrected chi connectivity index (χ2v) is 6.36. The molecule has 1 aromatic carbocycles. The van der Waals surface area contributed by atoms with Crippen LogP contribution < -0.4 is 0 Å². The summed E-state index contributed by atoms with van der Waals surface area (Å²) in [5.74, 6) is 0.705. The Morgan fingerprint density at radius 3 is 1.95 bits per heavy atom. The zero-order chi connectivity index (χ0) is 14.6. The van der Waals surface area contributed by atoms with E-state index in [1.807, 2.05) is 12.1 Å². The molecule has 1 rings (SSSR count). The molecule has 114 valence electrons. The maximum atomic E-state index is 9.06. The molecule has 20 heavy (non-hydrogen) atoms. The maximum absolute atomic E-state index is 9.06. The van der Waals surface area contributed by atoms with Gasteiger partial charge in [0.2, 0.25) is 0 Å². The summed E-state index contributed by atoms with van der Waals surface area (Å²) in [6.07, 6.45) is 12.0. The Balaban J connectivity index is 2.54. The van der Waals surface area contributed by atoms with Gasteiger partial charge in [-0.1, -0.05) is 70.9 Å². The molecule has 0 saturated carbocycles. The third-order valence-electron chi connectivity index (χ3n) is 4.02. The minimum atomic E-state index is 0.705. The molecular weight excluding hydrogens is 264 g/mol. The van der Waals surface area contributed by atoms with Crippen LogP contribution >= 0.6 is 12.0 Å². The highest BCUT2D eigenvalue weighted by atomic mass is 32.2. The van der Waals surface area contributed by atoms with Crippen LogP contribution in [-0.4, -0.2) is 4.55 Å². The lowest BCUT2D eigenvalue weighted by Gasteiger charge is -2.17. The van der Waals surface area contributed by atoms with Gasteiger partial charge in [-0.2, -0.15) is 0 Å². The van der Waals surface area contributed by atoms with E-state index in [0.717, 1.165) is 16.9 Å². The zero-order valence-corrected chi connectivity index (χ0v) is 13.9. The Labute approximate surface area is 129 Å². The molecular formula is C18H30OS. The van der Waals surface area contributed by atoms with Gasteiger partial charge in [-0.05, 0) is 36.5 Å². The number of hydrogen-bond acceptors (Lipinski definition) is 2. The highest BCUT2D eigenvalue weighted by molar-refractivity contribution is 7.93. The van der Waals surface area contributed by atoms with E-state index in [2.05, 4.69) is 26.0 Å². The van der Waals surface area contributed by atoms with Gasteiger partial charge in [-0.3, -0.25) is 0 Å². The zero-order valence-electron chi connectivity index (χ0n) is 13.1. The molecule has 0 aromatic heterocycles. The average Bonchev–Trinajstić information content (AvgIpc) is 2.50. The molecule has 1 atom stereocenters. The van der Waals surface area contributed by atoms with Crippen LogP contribution in [0.5, 0.6) is 0 Å². The third kappa shape index (κ3) is 6.81. The van der Waals surface area contributed by atoms with Crippen molar-refractivity contribution in [2.75, 3.05) is 0 Å². The Kier molecular flexibility index (Phi) is 9.86. The summed E-state index contributed by atoms with van der Waals surface area (Å²) >= 11 is 0.835. The van der Waals surface area contributed by atoms with Crippen LogP contribution in [-0.2, 0) is 0 Å². The number of hydrogen-bond donors (Lipinski definition) is 1. The van der Waals surface area contributed by atoms with Crippen molar-refractivity contribution < 1.29 is 4.55 Å². The highest BCUT2D eigenvalue weighted by Gasteiger charge is 2.11. The fraction of sp³-hybridized carbons (Fsp3) is 0.667. The molecule has 1 nitrogen and oxygen atoms in total. The lowest BCUT2D eigenvalue weighted by molar-refractivity contribution is 0.501. The molecule has 0 radical (unpaired) electrons. The quantitative estimate of drug-likeness (QED) is 0.354. The number of benzene rings is 1. The lowest BCUT2D eigenvalue weighted by atomic mass is 9.88. The molecule has 1 unspecified atom stereocenters. The Morgan fingerprint density at radius 1 is 0.850 bits per heavy atom. The summed E-state index contributed by atoms with van der Waals surface area (Å²) < 4.78 is 9.06. The van der Waals surface area contributed by atoms with Crippen molar-refractivity contribution in [3.63, 3.8) is 0 Å². The van der Waals surface area contributed by atoms with Gasteiger partial charge in [-0.25, -0.2) is 0 Å². The molecule has 0 saturated heterocycles. The third-order valence-corrected chi connectivity index (χ3v) is 4.50. The first kappa shape index (κ1) is 17.6. The molecule has 0 aliphatic heterocycles. The predicted octanol–water partition coefficient (Wildman–Crippen LogP) is 6.89. The van der Waals surface area contributed by atoms with E-state index >= 15 is 0 Å². The van der Waals surface area contributed by atoms with Gasteiger partial charge in [0, 0.05) is 16.9 Å². The first-order valence-electron chi connectivity index (χ1n) is 8.23. The van der Waals surface area contributed by atoms with E-state index in [1.165, 1.54) is 63.4 Å². The van der Waals surface area contributed by atoms with Crippen LogP contribution in [0.4, 0.5) is 0 Å². The van der Waals surface area contributed by atoms with Gasteiger partial charge in [0.1, 0.15) is 0 Å². The van der Waals surface area contributed by atoms with Gasteiger partial charge < -0.3 is 4.55 Å². The maximum Gasteiger partial charge on any atom is 0.0351 e. The van der Waals surface area contributed by atoms with Gasteiger partial charge in [0.05, 0.1) is 0 Å². The fourth-order valence-corrected chi connectivity index (χ4v) is 2.99. The molecule has 1 aromatic rings. The van der Waals surface area contributed by atoms with E-state index in [1.54, 1.807) is 0 Å². The second kappa shape index (κ2) is 11.2. The fourth-order valence-electron chi connectivity index (χ4n) is 2.74. The molecule has 0 aliphatic carbocycles. The summed E-state index contributed by atoms with van der Waals surface area (Å²) in [5.41, 5.74) is 1.45. The topological polar surface area (TPSA) is 20.2 Å². The average molecular weight is 295 g/mol. The van der Waals surface area contributed by atoms with Crippen molar-refractivity contribution in [2.24, 2.45) is 0 Å². The van der Waals surface area contributed by atoms with Crippen molar-refractivity contribution in [1.82, 2.24) is 0 Å². The monoisotopic (exact) mass is 294 g/mol. The Bertz CT molecular complexity index is 334. The summed E-state index contributed by atoms with van der Waals surface area (Å²) in [6.45, 7) is 4.54. The van der Waals surface area contributed by atoms with E-state index in [4.69, 9.17) is 4.55 Å². The smallest absolute Gasteiger partial charge is 0.0351 e. The van der Waals surface area contributed by atoms with Gasteiger partial charge in [0.25, 0.3) is 0 Å². The van der Waals surface area contributed by atoms with Gasteiger partial charge >= 0.3 is 0 Å². The molecule has 0 aliphatic rings. The molecule has 0 spiro atoms. The minimum Gasteiger partial charge on any atom is -0.325 e. The van der Waals surface area contributed by atoms with Crippen molar-refractivity contribution in [3.8, 4) is 0 Å². The summed E-state index contributed by atoms with van der Waals surface area (Å²) in [4.78, 5) is 0.937. The van der Waals surface area contributed by atoms with E-state index < -0.39 is 0 Å². The molecule has 0 fully saturated rings. The minimum absolute atomic E-state index is 0.705. The molecule has 2 heteroatoms. The first-order chi connectivity index (χ1) is 9.81. The number of rotatable bonds is 11. The summed E-state index contributed by atoms with van der Waals surface area (Å²) in [7, 11) is 0. The molecule has 0 bridgehead atoms. The normalized spacial score (nSPS) is 12.6. The lowest BCUT2D eigenvalue weighted by Crippen LogP contribution is -1.99. The standard InChI is InChI=1S/C18H30OS/c1-3-5-7-9-11-16(10-8-6-4-2)17-12-14-18(20-19)15-13-17/h12-16,19H,3-11H2,1-2H3. The van der Waals surface area contributed by atoms with E-state index in [9.17, 15) is 0 Å². The van der Waals surface area contributed by atoms with Gasteiger partial charge in [0.15, 0.2) is 0 Å². The Hall–Kier alpha value is -0.470. The van der Waals surface area contributed by atoms with Crippen LogP contribution in [0.15, 0.2) is 29.2 Å². The number of unbranched alkanes of at least 4 members (excludes halogenated alkanes) is 5. The SMILES string of the molecule is CCCCCCC(CCCCC)c1ccc(SO)cc1. The van der Waals surface area contributed by atoms with Crippen LogP contribution in [0.2, 0.25) is 0 Å².